The summed E-state index contributed by atoms with van der Waals surface area (Å²) in [5, 5.41) is 9.43. The number of unbranched alkanes of at least 4 members (excludes halogenated alkanes) is 42. The zero-order valence-electron chi connectivity index (χ0n) is 94.8. The van der Waals surface area contributed by atoms with Gasteiger partial charge in [-0.25, -0.2) is 4.79 Å². The lowest BCUT2D eigenvalue weighted by molar-refractivity contribution is -0.150. The molecule has 1 aromatic rings. The minimum absolute atomic E-state index is 0.0221. The number of hydrogen-bond acceptors (Lipinski definition) is 19. The number of ether oxygens (including phenoxy) is 7. The van der Waals surface area contributed by atoms with Crippen LogP contribution < -0.4 is 16.0 Å². The van der Waals surface area contributed by atoms with Crippen molar-refractivity contribution in [3.8, 4) is 0 Å². The number of hydrogen-bond donors (Lipinski definition) is 3. The van der Waals surface area contributed by atoms with Crippen molar-refractivity contribution in [1.29, 1.82) is 0 Å². The van der Waals surface area contributed by atoms with Crippen LogP contribution in [0.25, 0.3) is 0 Å². The summed E-state index contributed by atoms with van der Waals surface area (Å²) in [7, 11) is 0. The van der Waals surface area contributed by atoms with E-state index in [2.05, 4.69) is 114 Å². The molecule has 22 heteroatoms. The van der Waals surface area contributed by atoms with Crippen molar-refractivity contribution >= 4 is 53.7 Å². The van der Waals surface area contributed by atoms with E-state index in [0.717, 1.165) is 489 Å². The van der Waals surface area contributed by atoms with E-state index in [-0.39, 0.29) is 90.9 Å². The third kappa shape index (κ3) is 82.7. The molecule has 0 saturated heterocycles. The van der Waals surface area contributed by atoms with Crippen LogP contribution in [0.15, 0.2) is 18.2 Å². The number of carbonyl (C=O) groups is 9. The zero-order chi connectivity index (χ0) is 105. The molecule has 0 aliphatic rings. The van der Waals surface area contributed by atoms with Crippen molar-refractivity contribution in [2.45, 2.75) is 608 Å². The SMILES string of the molecule is CCCCCC(CC)OC(=O)CCCCCCCCN(CCCCCCCCC(=O)OC(CC)CCCCC)CCCNC(=O)OCc1cc(C(=O)NCCCN(CCCCCCCCC(=O)OC(CC)CCCCC)CCCCCCCCC(=O)OC(CC)CCCCC)cc(C(=O)NCCCN(CCCCCCCCC(=O)OC(CC)CCCCC)CCCCCCCCC(=O)OC(CC)CCCCC)c1. The van der Waals surface area contributed by atoms with Gasteiger partial charge in [-0.15, -0.1) is 0 Å². The Morgan fingerprint density at radius 2 is 0.399 bits per heavy atom. The number of nitrogens with zero attached hydrogens (tertiary/aromatic N) is 3. The van der Waals surface area contributed by atoms with Crippen molar-refractivity contribution in [2.75, 3.05) is 78.5 Å². The highest BCUT2D eigenvalue weighted by Crippen LogP contribution is 2.24. The molecule has 0 spiro atoms. The Morgan fingerprint density at radius 3 is 0.594 bits per heavy atom. The monoisotopic (exact) mass is 2020 g/mol. The fourth-order valence-electron chi connectivity index (χ4n) is 19.1. The highest BCUT2D eigenvalue weighted by molar-refractivity contribution is 6.00. The predicted octanol–water partition coefficient (Wildman–Crippen LogP) is 31.2. The van der Waals surface area contributed by atoms with Crippen LogP contribution in [0.2, 0.25) is 0 Å². The van der Waals surface area contributed by atoms with Crippen molar-refractivity contribution in [3.63, 3.8) is 0 Å². The van der Waals surface area contributed by atoms with Crippen molar-refractivity contribution in [3.05, 3.63) is 34.9 Å². The van der Waals surface area contributed by atoms with Gasteiger partial charge in [0.25, 0.3) is 11.8 Å². The third-order valence-electron chi connectivity index (χ3n) is 28.6. The lowest BCUT2D eigenvalue weighted by atomic mass is 10.0. The summed E-state index contributed by atoms with van der Waals surface area (Å²) in [5.74, 6) is -0.996. The minimum atomic E-state index is -0.568. The lowest BCUT2D eigenvalue weighted by Crippen LogP contribution is -2.32. The fraction of sp³-hybridized carbons (Fsp3) is 0.876. The maximum atomic E-state index is 14.5. The van der Waals surface area contributed by atoms with E-state index in [0.29, 0.717) is 74.8 Å². The summed E-state index contributed by atoms with van der Waals surface area (Å²) >= 11 is 0. The molecule has 1 rings (SSSR count). The summed E-state index contributed by atoms with van der Waals surface area (Å²) < 4.78 is 41.0. The number of benzene rings is 1. The molecule has 143 heavy (non-hydrogen) atoms. The Bertz CT molecular complexity index is 2900. The van der Waals surface area contributed by atoms with Crippen molar-refractivity contribution < 1.29 is 76.3 Å². The Kier molecular flexibility index (Phi) is 93.9. The second kappa shape index (κ2) is 99.4. The molecule has 1 aromatic carbocycles. The van der Waals surface area contributed by atoms with Gasteiger partial charge in [-0.2, -0.15) is 0 Å². The van der Waals surface area contributed by atoms with Gasteiger partial charge >= 0.3 is 41.9 Å². The van der Waals surface area contributed by atoms with Crippen LogP contribution in [0.4, 0.5) is 4.79 Å². The first-order valence-corrected chi connectivity index (χ1v) is 60.7. The van der Waals surface area contributed by atoms with Crippen LogP contribution >= 0.6 is 0 Å². The molecule has 6 atom stereocenters. The molecule has 3 amide bonds. The van der Waals surface area contributed by atoms with Gasteiger partial charge in [-0.1, -0.05) is 314 Å². The summed E-state index contributed by atoms with van der Waals surface area (Å²) in [4.78, 5) is 127. The van der Waals surface area contributed by atoms with Crippen LogP contribution in [0.1, 0.15) is 591 Å². The zero-order valence-corrected chi connectivity index (χ0v) is 94.8. The van der Waals surface area contributed by atoms with Gasteiger partial charge < -0.3 is 63.8 Å². The molecule has 22 nitrogen and oxygen atoms in total. The highest BCUT2D eigenvalue weighted by atomic mass is 16.6. The van der Waals surface area contributed by atoms with Crippen molar-refractivity contribution in [1.82, 2.24) is 30.7 Å². The summed E-state index contributed by atoms with van der Waals surface area (Å²) in [5.41, 5.74) is 1.17. The summed E-state index contributed by atoms with van der Waals surface area (Å²) in [6.45, 7) is 35.1. The Balaban J connectivity index is 3.46. The second-order valence-corrected chi connectivity index (χ2v) is 41.8. The van der Waals surface area contributed by atoms with E-state index >= 15 is 0 Å². The quantitative estimate of drug-likeness (QED) is 0.0311. The normalized spacial score (nSPS) is 12.8. The van der Waals surface area contributed by atoms with Gasteiger partial charge in [0.1, 0.15) is 43.2 Å². The molecule has 3 N–H and O–H groups in total. The first-order chi connectivity index (χ1) is 69.8. The van der Waals surface area contributed by atoms with Crippen LogP contribution in [-0.2, 0) is 68.5 Å². The van der Waals surface area contributed by atoms with E-state index in [9.17, 15) is 43.2 Å². The Hall–Kier alpha value is -5.87. The average molecular weight is 2020 g/mol. The minimum Gasteiger partial charge on any atom is -0.462 e. The number of carbonyl (C=O) groups excluding carboxylic acids is 9. The van der Waals surface area contributed by atoms with Gasteiger partial charge in [-0.05, 0) is 295 Å². The van der Waals surface area contributed by atoms with E-state index in [1.807, 2.05) is 0 Å². The van der Waals surface area contributed by atoms with Gasteiger partial charge in [-0.3, -0.25) is 38.4 Å². The Morgan fingerprint density at radius 1 is 0.217 bits per heavy atom. The first-order valence-electron chi connectivity index (χ1n) is 60.7. The number of esters is 6. The van der Waals surface area contributed by atoms with E-state index in [4.69, 9.17) is 33.2 Å². The van der Waals surface area contributed by atoms with Crippen LogP contribution in [0.5, 0.6) is 0 Å². The molecular weight excluding hydrogens is 1790 g/mol. The predicted molar refractivity (Wildman–Crippen MR) is 592 cm³/mol. The molecule has 0 radical (unpaired) electrons. The topological polar surface area (TPSA) is 264 Å². The largest absolute Gasteiger partial charge is 0.462 e. The maximum Gasteiger partial charge on any atom is 0.407 e. The second-order valence-electron chi connectivity index (χ2n) is 41.8. The molecule has 0 aliphatic carbocycles. The lowest BCUT2D eigenvalue weighted by Gasteiger charge is -2.23. The molecule has 0 heterocycles. The number of nitrogens with one attached hydrogen (secondary N) is 3. The molecule has 834 valence electrons. The summed E-state index contributed by atoms with van der Waals surface area (Å²) in [6, 6.07) is 5.13. The highest BCUT2D eigenvalue weighted by Gasteiger charge is 2.23. The maximum absolute atomic E-state index is 14.5. The van der Waals surface area contributed by atoms with Crippen molar-refractivity contribution in [2.24, 2.45) is 0 Å². The molecule has 0 aromatic heterocycles. The molecular formula is C121H224N6O16. The van der Waals surface area contributed by atoms with Gasteiger partial charge in [0, 0.05) is 69.3 Å². The van der Waals surface area contributed by atoms with E-state index < -0.39 is 6.09 Å². The van der Waals surface area contributed by atoms with Gasteiger partial charge in [0.05, 0.1) is 0 Å². The van der Waals surface area contributed by atoms with Crippen LogP contribution in [0.3, 0.4) is 0 Å². The van der Waals surface area contributed by atoms with Gasteiger partial charge in [0.2, 0.25) is 0 Å². The fourth-order valence-corrected chi connectivity index (χ4v) is 19.1. The number of rotatable bonds is 106. The molecule has 0 aliphatic heterocycles. The smallest absolute Gasteiger partial charge is 0.407 e. The average Bonchev–Trinajstić information content (AvgIpc) is 0.834. The van der Waals surface area contributed by atoms with E-state index in [1.54, 1.807) is 18.2 Å². The van der Waals surface area contributed by atoms with Crippen LogP contribution in [-0.4, -0.2) is 184 Å². The standard InChI is InChI=1S/C121H224N6O16/c1-13-25-55-76-107(19-7)138-113(128)82-61-43-31-37-49-67-91-125(92-68-50-38-32-44-62-83-114(129)139-108(20-8)77-56-26-14-2)97-73-88-122-119(134)105-100-104(103-137-121(136)124-90-75-99-127(95-71-53-41-35-47-65-86-117(132)142-111(23-11)80-59-29-17-5)96-72-54-42-36-48-66-87-118(133)143-112(24-12)81-60-30-18-6)101-106(102-105)120(135)123-89-74-98-126(93-69-51-39-33-45-63-84-115(130)140-109(21-9)78-57-27-15-3)94-70-52-40-34-46-64-85-116(131)141-110(22-10)79-58-28-16-4/h100-102,107-112H,13-99,103H2,1-12H3,(H,122,134)(H,123,135)(H,124,136). The van der Waals surface area contributed by atoms with Gasteiger partial charge in [0.15, 0.2) is 0 Å². The summed E-state index contributed by atoms with van der Waals surface area (Å²) in [6.07, 6.45) is 73.3. The number of amides is 3. The molecule has 6 unspecified atom stereocenters. The molecule has 0 saturated carbocycles. The first kappa shape index (κ1) is 135. The number of alkyl carbamates (subject to hydrolysis) is 1. The van der Waals surface area contributed by atoms with Crippen LogP contribution in [0, 0.1) is 0 Å². The van der Waals surface area contributed by atoms with E-state index in [1.165, 1.54) is 12.8 Å². The third-order valence-corrected chi connectivity index (χ3v) is 28.6. The molecule has 0 fully saturated rings. The Labute approximate surface area is 877 Å². The molecule has 0 bridgehead atoms.